The number of nitrogens with two attached hydrogens (primary N) is 1. The summed E-state index contributed by atoms with van der Waals surface area (Å²) in [6.45, 7) is 2.83. The second-order valence-corrected chi connectivity index (χ2v) is 5.52. The Morgan fingerprint density at radius 1 is 1.24 bits per heavy atom. The molecule has 2 unspecified atom stereocenters. The van der Waals surface area contributed by atoms with Crippen molar-refractivity contribution in [2.24, 2.45) is 11.7 Å². The molecule has 0 aromatic rings. The van der Waals surface area contributed by atoms with E-state index in [1.807, 2.05) is 0 Å². The SMILES string of the molecule is CC1CC(NC(=O)C2CCC(N)CC2)CCO1. The predicted octanol–water partition coefficient (Wildman–Crippen LogP) is 1.19. The number of rotatable bonds is 2. The maximum absolute atomic E-state index is 12.1. The van der Waals surface area contributed by atoms with Gasteiger partial charge in [0, 0.05) is 24.6 Å². The molecule has 0 bridgehead atoms. The van der Waals surface area contributed by atoms with E-state index in [0.29, 0.717) is 12.1 Å². The Hall–Kier alpha value is -0.610. The van der Waals surface area contributed by atoms with Crippen molar-refractivity contribution in [3.63, 3.8) is 0 Å². The van der Waals surface area contributed by atoms with E-state index in [1.165, 1.54) is 0 Å². The molecule has 4 nitrogen and oxygen atoms in total. The second kappa shape index (κ2) is 5.83. The summed E-state index contributed by atoms with van der Waals surface area (Å²) in [5.41, 5.74) is 5.85. The van der Waals surface area contributed by atoms with Gasteiger partial charge in [0.2, 0.25) is 5.91 Å². The quantitative estimate of drug-likeness (QED) is 0.762. The van der Waals surface area contributed by atoms with E-state index in [2.05, 4.69) is 12.2 Å². The first kappa shape index (κ1) is 12.8. The van der Waals surface area contributed by atoms with Gasteiger partial charge in [-0.2, -0.15) is 0 Å². The Labute approximate surface area is 103 Å². The molecule has 3 N–H and O–H groups in total. The number of ether oxygens (including phenoxy) is 1. The topological polar surface area (TPSA) is 64.4 Å². The van der Waals surface area contributed by atoms with Crippen molar-refractivity contribution >= 4 is 5.91 Å². The maximum Gasteiger partial charge on any atom is 0.223 e. The van der Waals surface area contributed by atoms with Crippen molar-refractivity contribution in [2.75, 3.05) is 6.61 Å². The van der Waals surface area contributed by atoms with Crippen LogP contribution in [0, 0.1) is 5.92 Å². The lowest BCUT2D eigenvalue weighted by Gasteiger charge is -2.31. The van der Waals surface area contributed by atoms with E-state index >= 15 is 0 Å². The summed E-state index contributed by atoms with van der Waals surface area (Å²) in [4.78, 5) is 12.1. The van der Waals surface area contributed by atoms with E-state index < -0.39 is 0 Å². The fourth-order valence-electron chi connectivity index (χ4n) is 2.83. The van der Waals surface area contributed by atoms with E-state index in [-0.39, 0.29) is 17.9 Å². The highest BCUT2D eigenvalue weighted by molar-refractivity contribution is 5.79. The molecule has 0 radical (unpaired) electrons. The van der Waals surface area contributed by atoms with Gasteiger partial charge in [-0.15, -0.1) is 0 Å². The van der Waals surface area contributed by atoms with E-state index in [4.69, 9.17) is 10.5 Å². The first-order valence-corrected chi connectivity index (χ1v) is 6.82. The highest BCUT2D eigenvalue weighted by Gasteiger charge is 2.27. The van der Waals surface area contributed by atoms with Crippen molar-refractivity contribution in [1.82, 2.24) is 5.32 Å². The van der Waals surface area contributed by atoms with Crippen LogP contribution in [0.15, 0.2) is 0 Å². The van der Waals surface area contributed by atoms with Crippen LogP contribution in [-0.2, 0) is 9.53 Å². The lowest BCUT2D eigenvalue weighted by Crippen LogP contribution is -2.45. The molecule has 0 spiro atoms. The first-order valence-electron chi connectivity index (χ1n) is 6.82. The van der Waals surface area contributed by atoms with Gasteiger partial charge in [0.1, 0.15) is 0 Å². The van der Waals surface area contributed by atoms with Crippen molar-refractivity contribution in [1.29, 1.82) is 0 Å². The van der Waals surface area contributed by atoms with Gasteiger partial charge < -0.3 is 15.8 Å². The third kappa shape index (κ3) is 3.68. The van der Waals surface area contributed by atoms with Crippen LogP contribution in [0.5, 0.6) is 0 Å². The number of carbonyl (C=O) groups excluding carboxylic acids is 1. The van der Waals surface area contributed by atoms with Crippen molar-refractivity contribution in [3.8, 4) is 0 Å². The first-order chi connectivity index (χ1) is 8.15. The van der Waals surface area contributed by atoms with Crippen LogP contribution in [-0.4, -0.2) is 30.7 Å². The summed E-state index contributed by atoms with van der Waals surface area (Å²) in [6, 6.07) is 0.615. The Bertz CT molecular complexity index is 262. The zero-order valence-corrected chi connectivity index (χ0v) is 10.7. The van der Waals surface area contributed by atoms with Crippen LogP contribution in [0.25, 0.3) is 0 Å². The zero-order chi connectivity index (χ0) is 12.3. The van der Waals surface area contributed by atoms with Gasteiger partial charge in [0.15, 0.2) is 0 Å². The smallest absolute Gasteiger partial charge is 0.223 e. The highest BCUT2D eigenvalue weighted by Crippen LogP contribution is 2.24. The molecular formula is C13H24N2O2. The molecular weight excluding hydrogens is 216 g/mol. The molecule has 0 aromatic carbocycles. The number of amides is 1. The molecule has 1 aliphatic carbocycles. The zero-order valence-electron chi connectivity index (χ0n) is 10.7. The van der Waals surface area contributed by atoms with Gasteiger partial charge in [0.05, 0.1) is 6.10 Å². The minimum absolute atomic E-state index is 0.188. The molecule has 1 amide bonds. The lowest BCUT2D eigenvalue weighted by atomic mass is 9.85. The molecule has 2 fully saturated rings. The lowest BCUT2D eigenvalue weighted by molar-refractivity contribution is -0.127. The molecule has 17 heavy (non-hydrogen) atoms. The Morgan fingerprint density at radius 2 is 1.94 bits per heavy atom. The van der Waals surface area contributed by atoms with E-state index in [1.54, 1.807) is 0 Å². The number of carbonyl (C=O) groups is 1. The van der Waals surface area contributed by atoms with Crippen molar-refractivity contribution in [3.05, 3.63) is 0 Å². The van der Waals surface area contributed by atoms with Crippen molar-refractivity contribution in [2.45, 2.75) is 63.6 Å². The molecule has 1 saturated carbocycles. The molecule has 1 saturated heterocycles. The second-order valence-electron chi connectivity index (χ2n) is 5.52. The van der Waals surface area contributed by atoms with Gasteiger partial charge in [0.25, 0.3) is 0 Å². The number of hydrogen-bond acceptors (Lipinski definition) is 3. The van der Waals surface area contributed by atoms with Gasteiger partial charge in [-0.3, -0.25) is 4.79 Å². The van der Waals surface area contributed by atoms with Gasteiger partial charge >= 0.3 is 0 Å². The largest absolute Gasteiger partial charge is 0.378 e. The third-order valence-corrected chi connectivity index (χ3v) is 3.97. The summed E-state index contributed by atoms with van der Waals surface area (Å²) in [5.74, 6) is 0.420. The minimum Gasteiger partial charge on any atom is -0.378 e. The van der Waals surface area contributed by atoms with E-state index in [9.17, 15) is 4.79 Å². The molecule has 2 rings (SSSR count). The third-order valence-electron chi connectivity index (χ3n) is 3.97. The summed E-state index contributed by atoms with van der Waals surface area (Å²) < 4.78 is 5.48. The van der Waals surface area contributed by atoms with E-state index in [0.717, 1.165) is 45.1 Å². The Kier molecular flexibility index (Phi) is 4.40. The molecule has 1 aliphatic heterocycles. The molecule has 98 valence electrons. The molecule has 2 atom stereocenters. The van der Waals surface area contributed by atoms with Gasteiger partial charge in [-0.25, -0.2) is 0 Å². The highest BCUT2D eigenvalue weighted by atomic mass is 16.5. The standard InChI is InChI=1S/C13H24N2O2/c1-9-8-12(6-7-17-9)15-13(16)10-2-4-11(14)5-3-10/h9-12H,2-8,14H2,1H3,(H,15,16). The van der Waals surface area contributed by atoms with Crippen LogP contribution in [0.3, 0.4) is 0 Å². The van der Waals surface area contributed by atoms with Crippen LogP contribution in [0.1, 0.15) is 45.4 Å². The Balaban J connectivity index is 1.76. The summed E-state index contributed by atoms with van der Waals surface area (Å²) in [5, 5.41) is 3.17. The molecule has 4 heteroatoms. The monoisotopic (exact) mass is 240 g/mol. The van der Waals surface area contributed by atoms with Crippen LogP contribution < -0.4 is 11.1 Å². The normalized spacial score (nSPS) is 38.7. The summed E-state index contributed by atoms with van der Waals surface area (Å²) in [6.07, 6.45) is 6.04. The van der Waals surface area contributed by atoms with Crippen molar-refractivity contribution < 1.29 is 9.53 Å². The summed E-state index contributed by atoms with van der Waals surface area (Å²) in [7, 11) is 0. The average molecular weight is 240 g/mol. The van der Waals surface area contributed by atoms with Gasteiger partial charge in [-0.1, -0.05) is 0 Å². The van der Waals surface area contributed by atoms with Crippen LogP contribution in [0.4, 0.5) is 0 Å². The number of nitrogens with one attached hydrogen (secondary N) is 1. The fraction of sp³-hybridized carbons (Fsp3) is 0.923. The maximum atomic E-state index is 12.1. The fourth-order valence-corrected chi connectivity index (χ4v) is 2.83. The minimum atomic E-state index is 0.188. The van der Waals surface area contributed by atoms with Crippen LogP contribution in [0.2, 0.25) is 0 Å². The predicted molar refractivity (Wildman–Crippen MR) is 66.5 cm³/mol. The molecule has 0 aromatic heterocycles. The summed E-state index contributed by atoms with van der Waals surface area (Å²) >= 11 is 0. The molecule has 1 heterocycles. The Morgan fingerprint density at radius 3 is 2.59 bits per heavy atom. The average Bonchev–Trinajstić information content (AvgIpc) is 2.29. The van der Waals surface area contributed by atoms with Crippen LogP contribution >= 0.6 is 0 Å². The molecule has 2 aliphatic rings. The number of hydrogen-bond donors (Lipinski definition) is 2. The van der Waals surface area contributed by atoms with Gasteiger partial charge in [-0.05, 0) is 45.4 Å².